The van der Waals surface area contributed by atoms with Crippen LogP contribution in [0.15, 0.2) is 30.3 Å². The van der Waals surface area contributed by atoms with Gasteiger partial charge in [0.2, 0.25) is 0 Å². The molecule has 1 aromatic carbocycles. The molecule has 1 fully saturated rings. The molecule has 134 valence electrons. The molecule has 2 aromatic rings. The van der Waals surface area contributed by atoms with Crippen LogP contribution >= 0.6 is 11.3 Å². The number of nitrogens with zero attached hydrogens (tertiary/aromatic N) is 1. The first-order chi connectivity index (χ1) is 12.4. The standard InChI is InChI=1S/C20H20N2O3S/c1-12-10-15(13(2)26-12)17(23)11-22-18(24)20(21-19(22)25)9-5-7-14-6-3-4-8-16(14)20/h3-4,6,8,10H,5,7,9,11H2,1-2H3,(H,21,25)/t20-/m0/s1. The normalized spacial score (nSPS) is 21.8. The van der Waals surface area contributed by atoms with Crippen molar-refractivity contribution in [3.63, 3.8) is 0 Å². The molecule has 0 radical (unpaired) electrons. The van der Waals surface area contributed by atoms with E-state index >= 15 is 0 Å². The van der Waals surface area contributed by atoms with Gasteiger partial charge in [-0.25, -0.2) is 4.79 Å². The Balaban J connectivity index is 1.65. The van der Waals surface area contributed by atoms with Gasteiger partial charge in [0.1, 0.15) is 5.54 Å². The highest BCUT2D eigenvalue weighted by Crippen LogP contribution is 2.40. The van der Waals surface area contributed by atoms with Crippen LogP contribution in [-0.2, 0) is 16.8 Å². The molecule has 5 nitrogen and oxygen atoms in total. The number of carbonyl (C=O) groups excluding carboxylic acids is 3. The van der Waals surface area contributed by atoms with Crippen LogP contribution in [0, 0.1) is 13.8 Å². The Morgan fingerprint density at radius 3 is 2.77 bits per heavy atom. The number of nitrogens with one attached hydrogen (secondary N) is 1. The summed E-state index contributed by atoms with van der Waals surface area (Å²) in [5.41, 5.74) is 1.52. The molecule has 1 saturated heterocycles. The number of aryl methyl sites for hydroxylation is 3. The molecule has 2 heterocycles. The molecule has 0 saturated carbocycles. The molecule has 1 aliphatic carbocycles. The van der Waals surface area contributed by atoms with Crippen LogP contribution in [0.5, 0.6) is 0 Å². The fraction of sp³-hybridized carbons (Fsp3) is 0.350. The highest BCUT2D eigenvalue weighted by atomic mass is 32.1. The number of urea groups is 1. The first-order valence-corrected chi connectivity index (χ1v) is 9.57. The molecular weight excluding hydrogens is 348 g/mol. The predicted octanol–water partition coefficient (Wildman–Crippen LogP) is 3.33. The summed E-state index contributed by atoms with van der Waals surface area (Å²) in [6, 6.07) is 9.08. The number of hydrogen-bond donors (Lipinski definition) is 1. The maximum atomic E-state index is 13.2. The van der Waals surface area contributed by atoms with Crippen LogP contribution in [0.1, 0.15) is 44.1 Å². The third-order valence-corrected chi connectivity index (χ3v) is 6.26. The summed E-state index contributed by atoms with van der Waals surface area (Å²) in [6.07, 6.45) is 2.29. The van der Waals surface area contributed by atoms with Crippen molar-refractivity contribution < 1.29 is 14.4 Å². The molecule has 2 aliphatic rings. The van der Waals surface area contributed by atoms with Crippen LogP contribution in [0.4, 0.5) is 4.79 Å². The molecule has 3 amide bonds. The number of benzene rings is 1. The van der Waals surface area contributed by atoms with Crippen molar-refractivity contribution in [1.29, 1.82) is 0 Å². The zero-order valence-electron chi connectivity index (χ0n) is 14.8. The summed E-state index contributed by atoms with van der Waals surface area (Å²) in [4.78, 5) is 41.5. The van der Waals surface area contributed by atoms with Crippen LogP contribution in [-0.4, -0.2) is 29.2 Å². The van der Waals surface area contributed by atoms with E-state index in [1.165, 1.54) is 0 Å². The zero-order chi connectivity index (χ0) is 18.5. The van der Waals surface area contributed by atoms with Gasteiger partial charge in [-0.05, 0) is 50.3 Å². The van der Waals surface area contributed by atoms with Crippen LogP contribution in [0.2, 0.25) is 0 Å². The fourth-order valence-corrected chi connectivity index (χ4v) is 5.03. The summed E-state index contributed by atoms with van der Waals surface area (Å²) in [6.45, 7) is 3.61. The Bertz CT molecular complexity index is 933. The molecular formula is C20H20N2O3S. The van der Waals surface area contributed by atoms with Crippen molar-refractivity contribution in [3.05, 3.63) is 56.8 Å². The minimum absolute atomic E-state index is 0.198. The lowest BCUT2D eigenvalue weighted by Crippen LogP contribution is -2.46. The molecule has 26 heavy (non-hydrogen) atoms. The smallest absolute Gasteiger partial charge is 0.319 e. The lowest BCUT2D eigenvalue weighted by Gasteiger charge is -2.33. The third-order valence-electron chi connectivity index (χ3n) is 5.29. The van der Waals surface area contributed by atoms with Gasteiger partial charge in [0, 0.05) is 15.3 Å². The summed E-state index contributed by atoms with van der Waals surface area (Å²) < 4.78 is 0. The molecule has 1 atom stereocenters. The van der Waals surface area contributed by atoms with E-state index in [0.717, 1.165) is 38.6 Å². The van der Waals surface area contributed by atoms with Crippen molar-refractivity contribution >= 4 is 29.1 Å². The van der Waals surface area contributed by atoms with E-state index in [2.05, 4.69) is 5.32 Å². The van der Waals surface area contributed by atoms with E-state index in [4.69, 9.17) is 0 Å². The van der Waals surface area contributed by atoms with Gasteiger partial charge >= 0.3 is 6.03 Å². The molecule has 4 rings (SSSR count). The average Bonchev–Trinajstić information content (AvgIpc) is 3.07. The fourth-order valence-electron chi connectivity index (χ4n) is 4.09. The summed E-state index contributed by atoms with van der Waals surface area (Å²) in [5.74, 6) is -0.510. The van der Waals surface area contributed by atoms with Gasteiger partial charge in [0.15, 0.2) is 5.78 Å². The largest absolute Gasteiger partial charge is 0.325 e. The Labute approximate surface area is 156 Å². The number of hydrogen-bond acceptors (Lipinski definition) is 4. The first-order valence-electron chi connectivity index (χ1n) is 8.75. The predicted molar refractivity (Wildman–Crippen MR) is 99.4 cm³/mol. The second kappa shape index (κ2) is 6.06. The van der Waals surface area contributed by atoms with Crippen molar-refractivity contribution in [2.75, 3.05) is 6.54 Å². The quantitative estimate of drug-likeness (QED) is 0.667. The topological polar surface area (TPSA) is 66.5 Å². The Morgan fingerprint density at radius 1 is 1.27 bits per heavy atom. The minimum atomic E-state index is -1.02. The lowest BCUT2D eigenvalue weighted by atomic mass is 9.76. The van der Waals surface area contributed by atoms with E-state index in [-0.39, 0.29) is 18.2 Å². The van der Waals surface area contributed by atoms with E-state index in [1.54, 1.807) is 11.3 Å². The van der Waals surface area contributed by atoms with Gasteiger partial charge in [-0.1, -0.05) is 24.3 Å². The number of thiophene rings is 1. The third kappa shape index (κ3) is 2.48. The Hall–Kier alpha value is -2.47. The van der Waals surface area contributed by atoms with Crippen LogP contribution in [0.25, 0.3) is 0 Å². The molecule has 1 aliphatic heterocycles. The molecule has 6 heteroatoms. The SMILES string of the molecule is Cc1cc(C(=O)CN2C(=O)N[C@]3(CCCc4ccccc43)C2=O)c(C)s1. The average molecular weight is 368 g/mol. The Kier molecular flexibility index (Phi) is 3.95. The van der Waals surface area contributed by atoms with Crippen molar-refractivity contribution in [2.45, 2.75) is 38.6 Å². The van der Waals surface area contributed by atoms with Crippen molar-refractivity contribution in [1.82, 2.24) is 10.2 Å². The second-order valence-electron chi connectivity index (χ2n) is 6.99. The lowest BCUT2D eigenvalue weighted by molar-refractivity contribution is -0.131. The van der Waals surface area contributed by atoms with E-state index < -0.39 is 11.6 Å². The van der Waals surface area contributed by atoms with Gasteiger partial charge in [-0.15, -0.1) is 11.3 Å². The monoisotopic (exact) mass is 368 g/mol. The van der Waals surface area contributed by atoms with Crippen molar-refractivity contribution in [2.24, 2.45) is 0 Å². The van der Waals surface area contributed by atoms with E-state index in [9.17, 15) is 14.4 Å². The number of amides is 3. The van der Waals surface area contributed by atoms with Gasteiger partial charge in [0.05, 0.1) is 6.54 Å². The molecule has 0 bridgehead atoms. The number of rotatable bonds is 3. The van der Waals surface area contributed by atoms with E-state index in [1.807, 2.05) is 44.2 Å². The first kappa shape index (κ1) is 17.0. The number of fused-ring (bicyclic) bond motifs is 2. The summed E-state index contributed by atoms with van der Waals surface area (Å²) >= 11 is 1.54. The van der Waals surface area contributed by atoms with Crippen LogP contribution < -0.4 is 5.32 Å². The van der Waals surface area contributed by atoms with Gasteiger partial charge in [0.25, 0.3) is 5.91 Å². The number of ketones is 1. The highest BCUT2D eigenvalue weighted by molar-refractivity contribution is 7.12. The maximum Gasteiger partial charge on any atom is 0.325 e. The van der Waals surface area contributed by atoms with Gasteiger partial charge in [-0.2, -0.15) is 0 Å². The molecule has 0 unspecified atom stereocenters. The summed E-state index contributed by atoms with van der Waals surface area (Å²) in [5, 5.41) is 2.89. The highest BCUT2D eigenvalue weighted by Gasteiger charge is 2.54. The summed E-state index contributed by atoms with van der Waals surface area (Å²) in [7, 11) is 0. The zero-order valence-corrected chi connectivity index (χ0v) is 15.6. The number of carbonyl (C=O) groups is 3. The van der Waals surface area contributed by atoms with Gasteiger partial charge < -0.3 is 5.32 Å². The van der Waals surface area contributed by atoms with Crippen molar-refractivity contribution in [3.8, 4) is 0 Å². The maximum absolute atomic E-state index is 13.2. The molecule has 1 aromatic heterocycles. The van der Waals surface area contributed by atoms with E-state index in [0.29, 0.717) is 12.0 Å². The number of Topliss-reactive ketones (excluding diaryl/α,β-unsaturated/α-hetero) is 1. The Morgan fingerprint density at radius 2 is 2.04 bits per heavy atom. The molecule has 1 N–H and O–H groups in total. The van der Waals surface area contributed by atoms with Gasteiger partial charge in [-0.3, -0.25) is 14.5 Å². The van der Waals surface area contributed by atoms with Crippen LogP contribution in [0.3, 0.4) is 0 Å². The molecule has 1 spiro atoms. The second-order valence-corrected chi connectivity index (χ2v) is 8.45. The number of imide groups is 1. The minimum Gasteiger partial charge on any atom is -0.319 e.